The molecule has 0 spiro atoms. The highest BCUT2D eigenvalue weighted by atomic mass is 16.1. The zero-order valence-corrected chi connectivity index (χ0v) is 10.7. The molecular weight excluding hydrogens is 224 g/mol. The summed E-state index contributed by atoms with van der Waals surface area (Å²) in [5.41, 5.74) is 1.20. The van der Waals surface area contributed by atoms with Crippen molar-refractivity contribution in [2.45, 2.75) is 31.2 Å². The number of likely N-dealkylation sites (tertiary alicyclic amines) is 1. The van der Waals surface area contributed by atoms with Crippen molar-refractivity contribution < 1.29 is 4.79 Å². The van der Waals surface area contributed by atoms with Crippen LogP contribution in [0.5, 0.6) is 0 Å². The first kappa shape index (κ1) is 11.7. The lowest BCUT2D eigenvalue weighted by Crippen LogP contribution is -2.50. The van der Waals surface area contributed by atoms with Crippen LogP contribution in [0.25, 0.3) is 0 Å². The summed E-state index contributed by atoms with van der Waals surface area (Å²) in [6, 6.07) is 9.96. The number of nitrogens with one attached hydrogen (secondary N) is 1. The van der Waals surface area contributed by atoms with Crippen molar-refractivity contribution in [1.82, 2.24) is 10.2 Å². The molecule has 1 saturated carbocycles. The third-order valence-electron chi connectivity index (χ3n) is 3.94. The Labute approximate surface area is 108 Å². The van der Waals surface area contributed by atoms with Crippen LogP contribution in [-0.4, -0.2) is 36.0 Å². The maximum atomic E-state index is 12.0. The SMILES string of the molecule is O=C(Cc1ccccc1)NC1(CN2CCC2)CC1. The van der Waals surface area contributed by atoms with Gasteiger partial charge in [-0.2, -0.15) is 0 Å². The Kier molecular flexibility index (Phi) is 3.08. The lowest BCUT2D eigenvalue weighted by atomic mass is 10.1. The standard InChI is InChI=1S/C15H20N2O/c18-14(11-13-5-2-1-3-6-13)16-15(7-8-15)12-17-9-4-10-17/h1-3,5-6H,4,7-12H2,(H,16,18). The molecule has 3 nitrogen and oxygen atoms in total. The largest absolute Gasteiger partial charge is 0.349 e. The number of hydrogen-bond donors (Lipinski definition) is 1. The lowest BCUT2D eigenvalue weighted by molar-refractivity contribution is -0.121. The van der Waals surface area contributed by atoms with Crippen molar-refractivity contribution in [3.8, 4) is 0 Å². The normalized spacial score (nSPS) is 21.1. The van der Waals surface area contributed by atoms with Crippen LogP contribution < -0.4 is 5.32 Å². The minimum Gasteiger partial charge on any atom is -0.349 e. The van der Waals surface area contributed by atoms with Crippen LogP contribution in [0, 0.1) is 0 Å². The fourth-order valence-electron chi connectivity index (χ4n) is 2.56. The van der Waals surface area contributed by atoms with E-state index >= 15 is 0 Å². The molecule has 0 bridgehead atoms. The third-order valence-corrected chi connectivity index (χ3v) is 3.94. The van der Waals surface area contributed by atoms with E-state index < -0.39 is 0 Å². The summed E-state index contributed by atoms with van der Waals surface area (Å²) in [6.45, 7) is 3.46. The van der Waals surface area contributed by atoms with Crippen LogP contribution in [0.1, 0.15) is 24.8 Å². The van der Waals surface area contributed by atoms with E-state index in [1.807, 2.05) is 30.3 Å². The number of amides is 1. The zero-order valence-electron chi connectivity index (χ0n) is 10.7. The second-order valence-corrected chi connectivity index (χ2v) is 5.62. The fourth-order valence-corrected chi connectivity index (χ4v) is 2.56. The number of hydrogen-bond acceptors (Lipinski definition) is 2. The van der Waals surface area contributed by atoms with Gasteiger partial charge in [0, 0.05) is 6.54 Å². The van der Waals surface area contributed by atoms with E-state index in [1.54, 1.807) is 0 Å². The van der Waals surface area contributed by atoms with Crippen molar-refractivity contribution in [1.29, 1.82) is 0 Å². The summed E-state index contributed by atoms with van der Waals surface area (Å²) in [6.07, 6.45) is 4.10. The molecule has 1 N–H and O–H groups in total. The Bertz CT molecular complexity index is 421. The first-order valence-electron chi connectivity index (χ1n) is 6.83. The van der Waals surface area contributed by atoms with Gasteiger partial charge in [0.2, 0.25) is 5.91 Å². The molecule has 0 atom stereocenters. The number of nitrogens with zero attached hydrogens (tertiary/aromatic N) is 1. The zero-order chi connectivity index (χ0) is 12.4. The maximum absolute atomic E-state index is 12.0. The van der Waals surface area contributed by atoms with E-state index in [1.165, 1.54) is 19.5 Å². The summed E-state index contributed by atoms with van der Waals surface area (Å²) in [4.78, 5) is 14.5. The summed E-state index contributed by atoms with van der Waals surface area (Å²) in [5, 5.41) is 3.23. The van der Waals surface area contributed by atoms with Gasteiger partial charge in [0.15, 0.2) is 0 Å². The number of carbonyl (C=O) groups is 1. The molecule has 1 amide bonds. The second kappa shape index (κ2) is 4.73. The molecule has 96 valence electrons. The third kappa shape index (κ3) is 2.72. The van der Waals surface area contributed by atoms with Crippen molar-refractivity contribution >= 4 is 5.91 Å². The topological polar surface area (TPSA) is 32.3 Å². The van der Waals surface area contributed by atoms with Gasteiger partial charge in [0.05, 0.1) is 12.0 Å². The van der Waals surface area contributed by atoms with Gasteiger partial charge in [-0.1, -0.05) is 30.3 Å². The first-order chi connectivity index (χ1) is 8.76. The van der Waals surface area contributed by atoms with Crippen LogP contribution in [0.3, 0.4) is 0 Å². The maximum Gasteiger partial charge on any atom is 0.224 e. The van der Waals surface area contributed by atoms with E-state index in [0.717, 1.165) is 24.9 Å². The summed E-state index contributed by atoms with van der Waals surface area (Å²) >= 11 is 0. The molecule has 1 aromatic carbocycles. The van der Waals surface area contributed by atoms with Crippen molar-refractivity contribution in [3.05, 3.63) is 35.9 Å². The molecule has 3 heteroatoms. The van der Waals surface area contributed by atoms with Gasteiger partial charge in [0.25, 0.3) is 0 Å². The highest BCUT2D eigenvalue weighted by Crippen LogP contribution is 2.37. The highest BCUT2D eigenvalue weighted by Gasteiger charge is 2.45. The molecule has 0 aromatic heterocycles. The van der Waals surface area contributed by atoms with Crippen LogP contribution in [0.15, 0.2) is 30.3 Å². The molecule has 3 rings (SSSR count). The Morgan fingerprint density at radius 1 is 1.22 bits per heavy atom. The van der Waals surface area contributed by atoms with Gasteiger partial charge < -0.3 is 10.2 Å². The van der Waals surface area contributed by atoms with Gasteiger partial charge >= 0.3 is 0 Å². The van der Waals surface area contributed by atoms with Crippen LogP contribution in [-0.2, 0) is 11.2 Å². The molecule has 1 aliphatic heterocycles. The average molecular weight is 244 g/mol. The van der Waals surface area contributed by atoms with E-state index in [-0.39, 0.29) is 11.4 Å². The Morgan fingerprint density at radius 2 is 1.94 bits per heavy atom. The predicted molar refractivity (Wildman–Crippen MR) is 71.3 cm³/mol. The van der Waals surface area contributed by atoms with Crippen LogP contribution in [0.2, 0.25) is 0 Å². The Morgan fingerprint density at radius 3 is 2.50 bits per heavy atom. The average Bonchev–Trinajstić information content (AvgIpc) is 3.05. The Balaban J connectivity index is 1.51. The van der Waals surface area contributed by atoms with Gasteiger partial charge in [0.1, 0.15) is 0 Å². The van der Waals surface area contributed by atoms with Gasteiger partial charge in [-0.15, -0.1) is 0 Å². The van der Waals surface area contributed by atoms with E-state index in [4.69, 9.17) is 0 Å². The fraction of sp³-hybridized carbons (Fsp3) is 0.533. The van der Waals surface area contributed by atoms with Gasteiger partial charge in [-0.05, 0) is 37.9 Å². The molecule has 0 radical (unpaired) electrons. The minimum absolute atomic E-state index is 0.103. The monoisotopic (exact) mass is 244 g/mol. The predicted octanol–water partition coefficient (Wildman–Crippen LogP) is 1.58. The molecule has 1 aliphatic carbocycles. The number of carbonyl (C=O) groups excluding carboxylic acids is 1. The van der Waals surface area contributed by atoms with Gasteiger partial charge in [-0.25, -0.2) is 0 Å². The van der Waals surface area contributed by atoms with Crippen molar-refractivity contribution in [3.63, 3.8) is 0 Å². The summed E-state index contributed by atoms with van der Waals surface area (Å²) in [5.74, 6) is 0.166. The van der Waals surface area contributed by atoms with E-state index in [9.17, 15) is 4.79 Å². The molecule has 1 aromatic rings. The number of rotatable bonds is 5. The molecule has 2 aliphatic rings. The quantitative estimate of drug-likeness (QED) is 0.853. The molecule has 1 heterocycles. The van der Waals surface area contributed by atoms with Gasteiger partial charge in [-0.3, -0.25) is 4.79 Å². The second-order valence-electron chi connectivity index (χ2n) is 5.62. The molecule has 18 heavy (non-hydrogen) atoms. The van der Waals surface area contributed by atoms with Crippen LogP contribution >= 0.6 is 0 Å². The summed E-state index contributed by atoms with van der Waals surface area (Å²) < 4.78 is 0. The summed E-state index contributed by atoms with van der Waals surface area (Å²) in [7, 11) is 0. The van der Waals surface area contributed by atoms with E-state index in [0.29, 0.717) is 6.42 Å². The Hall–Kier alpha value is -1.35. The minimum atomic E-state index is 0.103. The van der Waals surface area contributed by atoms with Crippen molar-refractivity contribution in [2.24, 2.45) is 0 Å². The van der Waals surface area contributed by atoms with Crippen molar-refractivity contribution in [2.75, 3.05) is 19.6 Å². The molecule has 0 unspecified atom stereocenters. The highest BCUT2D eigenvalue weighted by molar-refractivity contribution is 5.79. The molecule has 2 fully saturated rings. The molecular formula is C15H20N2O. The lowest BCUT2D eigenvalue weighted by Gasteiger charge is -2.34. The van der Waals surface area contributed by atoms with E-state index in [2.05, 4.69) is 10.2 Å². The number of benzene rings is 1. The van der Waals surface area contributed by atoms with Crippen LogP contribution in [0.4, 0.5) is 0 Å². The smallest absolute Gasteiger partial charge is 0.224 e. The molecule has 1 saturated heterocycles. The first-order valence-corrected chi connectivity index (χ1v) is 6.83.